The molecule has 146 valence electrons. The van der Waals surface area contributed by atoms with Crippen LogP contribution in [0, 0.1) is 10.5 Å². The number of aromatic nitrogens is 1. The van der Waals surface area contributed by atoms with E-state index in [1.807, 2.05) is 31.2 Å². The Morgan fingerprint density at radius 2 is 2.03 bits per heavy atom. The van der Waals surface area contributed by atoms with Crippen molar-refractivity contribution in [3.8, 4) is 17.2 Å². The molecule has 1 aromatic heterocycles. The van der Waals surface area contributed by atoms with Gasteiger partial charge in [-0.25, -0.2) is 4.98 Å². The molecule has 0 aliphatic carbocycles. The predicted molar refractivity (Wildman–Crippen MR) is 122 cm³/mol. The molecule has 7 heteroatoms. The van der Waals surface area contributed by atoms with Gasteiger partial charge in [0.15, 0.2) is 12.2 Å². The van der Waals surface area contributed by atoms with Gasteiger partial charge in [0, 0.05) is 19.8 Å². The van der Waals surface area contributed by atoms with Gasteiger partial charge in [0.1, 0.15) is 11.3 Å². The molecule has 0 spiro atoms. The lowest BCUT2D eigenvalue weighted by molar-refractivity contribution is -0.118. The number of fused-ring (bicyclic) bond motifs is 1. The summed E-state index contributed by atoms with van der Waals surface area (Å²) in [5, 5.41) is 3.45. The summed E-state index contributed by atoms with van der Waals surface area (Å²) in [5.74, 6) is 0.905. The first-order chi connectivity index (χ1) is 14.0. The Balaban J connectivity index is 1.46. The van der Waals surface area contributed by atoms with Crippen LogP contribution in [0.25, 0.3) is 22.6 Å². The minimum absolute atomic E-state index is 0.104. The number of benzene rings is 3. The zero-order valence-electron chi connectivity index (χ0n) is 15.4. The van der Waals surface area contributed by atoms with Gasteiger partial charge in [-0.3, -0.25) is 4.79 Å². The Kier molecular flexibility index (Phi) is 5.73. The highest BCUT2D eigenvalue weighted by Gasteiger charge is 2.11. The first kappa shape index (κ1) is 19.7. The number of nitrogens with zero attached hydrogens (tertiary/aromatic N) is 1. The van der Waals surface area contributed by atoms with Crippen molar-refractivity contribution in [1.82, 2.24) is 4.98 Å². The van der Waals surface area contributed by atoms with Gasteiger partial charge in [-0.1, -0.05) is 17.7 Å². The van der Waals surface area contributed by atoms with E-state index in [0.717, 1.165) is 14.7 Å². The molecule has 0 unspecified atom stereocenters. The van der Waals surface area contributed by atoms with Crippen LogP contribution in [0.1, 0.15) is 5.56 Å². The molecule has 0 saturated carbocycles. The Bertz CT molecular complexity index is 1210. The fourth-order valence-electron chi connectivity index (χ4n) is 2.87. The number of carbonyl (C=O) groups excluding carboxylic acids is 1. The summed E-state index contributed by atoms with van der Waals surface area (Å²) >= 11 is 8.18. The maximum Gasteiger partial charge on any atom is 0.262 e. The number of carbonyl (C=O) groups is 1. The molecule has 0 aliphatic heterocycles. The summed E-state index contributed by atoms with van der Waals surface area (Å²) in [6, 6.07) is 18.5. The second-order valence-corrected chi connectivity index (χ2v) is 8.14. The smallest absolute Gasteiger partial charge is 0.262 e. The van der Waals surface area contributed by atoms with Crippen LogP contribution in [-0.2, 0) is 4.79 Å². The molecule has 5 nitrogen and oxygen atoms in total. The number of nitrogens with one attached hydrogen (secondary N) is 1. The van der Waals surface area contributed by atoms with Gasteiger partial charge in [0.05, 0.1) is 0 Å². The van der Waals surface area contributed by atoms with Crippen LogP contribution in [0.5, 0.6) is 5.75 Å². The third kappa shape index (κ3) is 4.71. The second-order valence-electron chi connectivity index (χ2n) is 6.46. The van der Waals surface area contributed by atoms with Crippen molar-refractivity contribution in [2.75, 3.05) is 11.9 Å². The van der Waals surface area contributed by atoms with Gasteiger partial charge in [0.25, 0.3) is 5.91 Å². The summed E-state index contributed by atoms with van der Waals surface area (Å²) in [4.78, 5) is 16.8. The molecule has 0 bridgehead atoms. The molecule has 1 amide bonds. The molecule has 29 heavy (non-hydrogen) atoms. The van der Waals surface area contributed by atoms with Crippen molar-refractivity contribution in [3.63, 3.8) is 0 Å². The van der Waals surface area contributed by atoms with Crippen molar-refractivity contribution in [2.45, 2.75) is 6.92 Å². The summed E-state index contributed by atoms with van der Waals surface area (Å²) in [6.07, 6.45) is 0. The van der Waals surface area contributed by atoms with E-state index in [1.54, 1.807) is 36.4 Å². The number of aryl methyl sites for hydroxylation is 1. The Labute approximate surface area is 186 Å². The standard InChI is InChI=1S/C22H16ClIN2O3/c1-13-9-15(23)5-7-19(13)28-12-21(27)25-17-6-8-20-18(11-17)26-22(29-20)14-3-2-4-16(24)10-14/h2-11H,12H2,1H3,(H,25,27). The molecule has 0 aliphatic rings. The number of rotatable bonds is 5. The van der Waals surface area contributed by atoms with Crippen LogP contribution in [0.4, 0.5) is 5.69 Å². The first-order valence-corrected chi connectivity index (χ1v) is 10.3. The normalized spacial score (nSPS) is 10.9. The zero-order chi connectivity index (χ0) is 20.4. The number of anilines is 1. The molecule has 0 radical (unpaired) electrons. The first-order valence-electron chi connectivity index (χ1n) is 8.83. The van der Waals surface area contributed by atoms with Crippen molar-refractivity contribution in [2.24, 2.45) is 0 Å². The predicted octanol–water partition coefficient (Wildman–Crippen LogP) is 6.08. The maximum absolute atomic E-state index is 12.3. The molecule has 0 atom stereocenters. The molecule has 1 N–H and O–H groups in total. The third-order valence-corrected chi connectivity index (χ3v) is 5.14. The summed E-state index contributed by atoms with van der Waals surface area (Å²) in [5.41, 5.74) is 3.74. The van der Waals surface area contributed by atoms with Crippen LogP contribution in [-0.4, -0.2) is 17.5 Å². The van der Waals surface area contributed by atoms with Gasteiger partial charge in [-0.05, 0) is 89.7 Å². The Morgan fingerprint density at radius 3 is 2.83 bits per heavy atom. The SMILES string of the molecule is Cc1cc(Cl)ccc1OCC(=O)Nc1ccc2oc(-c3cccc(I)c3)nc2c1. The third-order valence-electron chi connectivity index (χ3n) is 4.24. The van der Waals surface area contributed by atoms with Crippen molar-refractivity contribution < 1.29 is 13.9 Å². The maximum atomic E-state index is 12.3. The van der Waals surface area contributed by atoms with Gasteiger partial charge in [-0.2, -0.15) is 0 Å². The molecule has 4 rings (SSSR count). The van der Waals surface area contributed by atoms with Crippen LogP contribution in [0.15, 0.2) is 65.1 Å². The second kappa shape index (κ2) is 8.42. The number of amides is 1. The van der Waals surface area contributed by atoms with Gasteiger partial charge in [-0.15, -0.1) is 0 Å². The molecule has 1 heterocycles. The minimum Gasteiger partial charge on any atom is -0.483 e. The molecule has 3 aromatic carbocycles. The van der Waals surface area contributed by atoms with Gasteiger partial charge in [0.2, 0.25) is 5.89 Å². The van der Waals surface area contributed by atoms with E-state index in [1.165, 1.54) is 0 Å². The van der Waals surface area contributed by atoms with E-state index in [2.05, 4.69) is 32.9 Å². The van der Waals surface area contributed by atoms with E-state index >= 15 is 0 Å². The van der Waals surface area contributed by atoms with Crippen LogP contribution in [0.3, 0.4) is 0 Å². The van der Waals surface area contributed by atoms with Crippen LogP contribution < -0.4 is 10.1 Å². The van der Waals surface area contributed by atoms with Gasteiger partial charge < -0.3 is 14.5 Å². The van der Waals surface area contributed by atoms with E-state index in [-0.39, 0.29) is 12.5 Å². The number of hydrogen-bond donors (Lipinski definition) is 1. The lowest BCUT2D eigenvalue weighted by Crippen LogP contribution is -2.20. The molecule has 0 fully saturated rings. The van der Waals surface area contributed by atoms with E-state index in [9.17, 15) is 4.79 Å². The molecular formula is C22H16ClIN2O3. The number of hydrogen-bond acceptors (Lipinski definition) is 4. The summed E-state index contributed by atoms with van der Waals surface area (Å²) < 4.78 is 12.5. The fourth-order valence-corrected chi connectivity index (χ4v) is 3.64. The number of ether oxygens (including phenoxy) is 1. The number of oxazole rings is 1. The van der Waals surface area contributed by atoms with E-state index < -0.39 is 0 Å². The fraction of sp³-hybridized carbons (Fsp3) is 0.0909. The highest BCUT2D eigenvalue weighted by molar-refractivity contribution is 14.1. The number of halogens is 2. The monoisotopic (exact) mass is 518 g/mol. The average molecular weight is 519 g/mol. The highest BCUT2D eigenvalue weighted by atomic mass is 127. The van der Waals surface area contributed by atoms with Crippen LogP contribution >= 0.6 is 34.2 Å². The molecule has 4 aromatic rings. The van der Waals surface area contributed by atoms with E-state index in [4.69, 9.17) is 20.8 Å². The van der Waals surface area contributed by atoms with Crippen molar-refractivity contribution in [3.05, 3.63) is 74.8 Å². The highest BCUT2D eigenvalue weighted by Crippen LogP contribution is 2.27. The Morgan fingerprint density at radius 1 is 1.17 bits per heavy atom. The quantitative estimate of drug-likeness (QED) is 0.325. The van der Waals surface area contributed by atoms with Gasteiger partial charge >= 0.3 is 0 Å². The molecular weight excluding hydrogens is 503 g/mol. The summed E-state index contributed by atoms with van der Waals surface area (Å²) in [6.45, 7) is 1.77. The van der Waals surface area contributed by atoms with Crippen LogP contribution in [0.2, 0.25) is 5.02 Å². The van der Waals surface area contributed by atoms with E-state index in [0.29, 0.717) is 33.4 Å². The zero-order valence-corrected chi connectivity index (χ0v) is 18.3. The minimum atomic E-state index is -0.264. The Hall–Kier alpha value is -2.58. The van der Waals surface area contributed by atoms with Crippen molar-refractivity contribution >= 4 is 56.9 Å². The lowest BCUT2D eigenvalue weighted by Gasteiger charge is -2.09. The largest absolute Gasteiger partial charge is 0.483 e. The van der Waals surface area contributed by atoms with Crippen molar-refractivity contribution in [1.29, 1.82) is 0 Å². The summed E-state index contributed by atoms with van der Waals surface area (Å²) in [7, 11) is 0. The average Bonchev–Trinajstić information content (AvgIpc) is 3.11. The molecule has 0 saturated heterocycles. The lowest BCUT2D eigenvalue weighted by atomic mass is 10.2. The topological polar surface area (TPSA) is 64.4 Å².